The van der Waals surface area contributed by atoms with Gasteiger partial charge in [0.25, 0.3) is 11.8 Å². The first-order valence-electron chi connectivity index (χ1n) is 7.75. The van der Waals surface area contributed by atoms with E-state index in [1.165, 1.54) is 12.1 Å². The van der Waals surface area contributed by atoms with Crippen molar-refractivity contribution in [3.8, 4) is 5.75 Å². The van der Waals surface area contributed by atoms with Crippen LogP contribution in [-0.4, -0.2) is 23.0 Å². The molecule has 0 spiro atoms. The van der Waals surface area contributed by atoms with E-state index in [2.05, 4.69) is 5.32 Å². The van der Waals surface area contributed by atoms with Crippen molar-refractivity contribution in [1.82, 2.24) is 5.32 Å². The summed E-state index contributed by atoms with van der Waals surface area (Å²) in [7, 11) is 0. The number of hydrogen-bond donors (Lipinski definition) is 2. The Morgan fingerprint density at radius 2 is 1.73 bits per heavy atom. The molecule has 0 atom stereocenters. The van der Waals surface area contributed by atoms with Gasteiger partial charge in [-0.25, -0.2) is 9.69 Å². The molecule has 0 radical (unpaired) electrons. The first-order chi connectivity index (χ1) is 12.3. The lowest BCUT2D eigenvalue weighted by Gasteiger charge is -2.26. The third-order valence-electron chi connectivity index (χ3n) is 3.99. The number of amides is 4. The molecule has 2 N–H and O–H groups in total. The predicted molar refractivity (Wildman–Crippen MR) is 98.0 cm³/mol. The zero-order valence-electron chi connectivity index (χ0n) is 14.0. The fourth-order valence-electron chi connectivity index (χ4n) is 2.75. The molecule has 6 nitrogen and oxygen atoms in total. The molecule has 0 aromatic heterocycles. The minimum atomic E-state index is -0.836. The van der Waals surface area contributed by atoms with Gasteiger partial charge in [-0.15, -0.1) is 0 Å². The van der Waals surface area contributed by atoms with Crippen LogP contribution in [0.2, 0.25) is 5.02 Å². The second-order valence-electron chi connectivity index (χ2n) is 5.94. The quantitative estimate of drug-likeness (QED) is 0.627. The zero-order chi connectivity index (χ0) is 19.0. The summed E-state index contributed by atoms with van der Waals surface area (Å²) < 4.78 is 0. The zero-order valence-corrected chi connectivity index (χ0v) is 14.8. The molecule has 1 aliphatic rings. The summed E-state index contributed by atoms with van der Waals surface area (Å²) >= 11 is 5.93. The molecule has 26 heavy (non-hydrogen) atoms. The number of urea groups is 1. The SMILES string of the molecule is Cc1cc(/C=C2\C(=O)NC(=O)N(c3cccc(Cl)c3)C2=O)cc(C)c1O. The number of nitrogens with one attached hydrogen (secondary N) is 1. The van der Waals surface area contributed by atoms with Gasteiger partial charge in [-0.05, 0) is 66.9 Å². The number of carbonyl (C=O) groups is 3. The summed E-state index contributed by atoms with van der Waals surface area (Å²) in [5, 5.41) is 12.4. The topological polar surface area (TPSA) is 86.7 Å². The molecular formula is C19H15ClN2O4. The molecule has 3 rings (SSSR count). The van der Waals surface area contributed by atoms with Crippen molar-refractivity contribution in [2.75, 3.05) is 4.90 Å². The van der Waals surface area contributed by atoms with Gasteiger partial charge < -0.3 is 5.11 Å². The van der Waals surface area contributed by atoms with Gasteiger partial charge in [-0.1, -0.05) is 17.7 Å². The van der Waals surface area contributed by atoms with Crippen LogP contribution < -0.4 is 10.2 Å². The van der Waals surface area contributed by atoms with E-state index in [0.29, 0.717) is 21.7 Å². The maximum atomic E-state index is 12.8. The highest BCUT2D eigenvalue weighted by molar-refractivity contribution is 6.39. The van der Waals surface area contributed by atoms with Crippen molar-refractivity contribution in [3.63, 3.8) is 0 Å². The predicted octanol–water partition coefficient (Wildman–Crippen LogP) is 3.33. The Kier molecular flexibility index (Phi) is 4.52. The van der Waals surface area contributed by atoms with Crippen molar-refractivity contribution in [1.29, 1.82) is 0 Å². The molecule has 1 heterocycles. The number of phenols is 1. The summed E-state index contributed by atoms with van der Waals surface area (Å²) in [5.41, 5.74) is 1.87. The number of phenolic OH excluding ortho intramolecular Hbond substituents is 1. The largest absolute Gasteiger partial charge is 0.507 e. The Bertz CT molecular complexity index is 958. The summed E-state index contributed by atoms with van der Waals surface area (Å²) in [6, 6.07) is 8.68. The number of carbonyl (C=O) groups excluding carboxylic acids is 3. The minimum Gasteiger partial charge on any atom is -0.507 e. The number of aryl methyl sites for hydroxylation is 2. The first-order valence-corrected chi connectivity index (χ1v) is 8.13. The average molecular weight is 371 g/mol. The standard InChI is InChI=1S/C19H15ClN2O4/c1-10-6-12(7-11(2)16(10)23)8-15-17(24)21-19(26)22(18(15)25)14-5-3-4-13(20)9-14/h3-9,23H,1-2H3,(H,21,24,26)/b15-8+. The average Bonchev–Trinajstić information content (AvgIpc) is 2.56. The number of anilines is 1. The molecule has 132 valence electrons. The molecule has 0 aliphatic carbocycles. The van der Waals surface area contributed by atoms with Gasteiger partial charge in [0.2, 0.25) is 0 Å². The Morgan fingerprint density at radius 1 is 1.08 bits per heavy atom. The minimum absolute atomic E-state index is 0.155. The van der Waals surface area contributed by atoms with Crippen molar-refractivity contribution < 1.29 is 19.5 Å². The molecule has 0 unspecified atom stereocenters. The fourth-order valence-corrected chi connectivity index (χ4v) is 2.93. The highest BCUT2D eigenvalue weighted by Crippen LogP contribution is 2.27. The monoisotopic (exact) mass is 370 g/mol. The summed E-state index contributed by atoms with van der Waals surface area (Å²) in [4.78, 5) is 38.0. The van der Waals surface area contributed by atoms with Crippen LogP contribution in [0.15, 0.2) is 42.0 Å². The van der Waals surface area contributed by atoms with Crippen molar-refractivity contribution in [2.24, 2.45) is 0 Å². The van der Waals surface area contributed by atoms with Gasteiger partial charge in [0, 0.05) is 5.02 Å². The lowest BCUT2D eigenvalue weighted by molar-refractivity contribution is -0.122. The second-order valence-corrected chi connectivity index (χ2v) is 6.38. The maximum Gasteiger partial charge on any atom is 0.335 e. The van der Waals surface area contributed by atoms with Gasteiger partial charge >= 0.3 is 6.03 Å². The number of rotatable bonds is 2. The smallest absolute Gasteiger partial charge is 0.335 e. The van der Waals surface area contributed by atoms with Crippen LogP contribution in [0.25, 0.3) is 6.08 Å². The van der Waals surface area contributed by atoms with Gasteiger partial charge in [0.05, 0.1) is 5.69 Å². The number of aromatic hydroxyl groups is 1. The maximum absolute atomic E-state index is 12.8. The van der Waals surface area contributed by atoms with Gasteiger partial charge in [-0.2, -0.15) is 0 Å². The number of benzene rings is 2. The van der Waals surface area contributed by atoms with E-state index >= 15 is 0 Å². The number of halogens is 1. The van der Waals surface area contributed by atoms with Crippen LogP contribution in [0.4, 0.5) is 10.5 Å². The molecule has 0 saturated carbocycles. The molecule has 1 saturated heterocycles. The van der Waals surface area contributed by atoms with Crippen LogP contribution in [-0.2, 0) is 9.59 Å². The molecule has 2 aromatic carbocycles. The second kappa shape index (κ2) is 6.65. The Balaban J connectivity index is 2.06. The van der Waals surface area contributed by atoms with E-state index in [1.807, 2.05) is 0 Å². The third-order valence-corrected chi connectivity index (χ3v) is 4.23. The van der Waals surface area contributed by atoms with E-state index < -0.39 is 17.8 Å². The molecule has 1 aliphatic heterocycles. The Hall–Kier alpha value is -3.12. The molecule has 2 aromatic rings. The Morgan fingerprint density at radius 3 is 2.35 bits per heavy atom. The van der Waals surface area contributed by atoms with Crippen molar-refractivity contribution >= 4 is 41.2 Å². The first kappa shape index (κ1) is 17.7. The van der Waals surface area contributed by atoms with E-state index in [1.54, 1.807) is 44.2 Å². The van der Waals surface area contributed by atoms with Gasteiger partial charge in [0.15, 0.2) is 0 Å². The molecule has 1 fully saturated rings. The molecule has 0 bridgehead atoms. The van der Waals surface area contributed by atoms with E-state index in [-0.39, 0.29) is 17.0 Å². The summed E-state index contributed by atoms with van der Waals surface area (Å²) in [5.74, 6) is -1.37. The normalized spacial score (nSPS) is 16.2. The van der Waals surface area contributed by atoms with Crippen molar-refractivity contribution in [2.45, 2.75) is 13.8 Å². The summed E-state index contributed by atoms with van der Waals surface area (Å²) in [6.45, 7) is 3.43. The van der Waals surface area contributed by atoms with Crippen LogP contribution in [0.1, 0.15) is 16.7 Å². The fraction of sp³-hybridized carbons (Fsp3) is 0.105. The van der Waals surface area contributed by atoms with E-state index in [4.69, 9.17) is 11.6 Å². The summed E-state index contributed by atoms with van der Waals surface area (Å²) in [6.07, 6.45) is 1.39. The van der Waals surface area contributed by atoms with Crippen LogP contribution in [0.3, 0.4) is 0 Å². The lowest BCUT2D eigenvalue weighted by atomic mass is 10.0. The van der Waals surface area contributed by atoms with Crippen LogP contribution in [0, 0.1) is 13.8 Å². The Labute approximate surface area is 154 Å². The molecular weight excluding hydrogens is 356 g/mol. The van der Waals surface area contributed by atoms with Gasteiger partial charge in [0.1, 0.15) is 11.3 Å². The third kappa shape index (κ3) is 3.19. The van der Waals surface area contributed by atoms with E-state index in [9.17, 15) is 19.5 Å². The highest BCUT2D eigenvalue weighted by atomic mass is 35.5. The van der Waals surface area contributed by atoms with Crippen molar-refractivity contribution in [3.05, 3.63) is 63.7 Å². The number of barbiturate groups is 1. The lowest BCUT2D eigenvalue weighted by Crippen LogP contribution is -2.54. The van der Waals surface area contributed by atoms with E-state index in [0.717, 1.165) is 4.90 Å². The molecule has 4 amide bonds. The van der Waals surface area contributed by atoms with Gasteiger partial charge in [-0.3, -0.25) is 14.9 Å². The molecule has 7 heteroatoms. The number of hydrogen-bond acceptors (Lipinski definition) is 4. The van der Waals surface area contributed by atoms with Crippen LogP contribution >= 0.6 is 11.6 Å². The number of imide groups is 2. The van der Waals surface area contributed by atoms with Crippen LogP contribution in [0.5, 0.6) is 5.75 Å². The number of nitrogens with zero attached hydrogens (tertiary/aromatic N) is 1. The highest BCUT2D eigenvalue weighted by Gasteiger charge is 2.36.